The summed E-state index contributed by atoms with van der Waals surface area (Å²) in [5.74, 6) is -0.346. The highest BCUT2D eigenvalue weighted by molar-refractivity contribution is 9.11. The summed E-state index contributed by atoms with van der Waals surface area (Å²) in [6.07, 6.45) is 0. The standard InChI is InChI=1S/C12H5Br3ClF/c13-6-4-7(14)11(8(15)5-6)12-9(16)2-1-3-10(12)17/h1-5H. The molecule has 0 spiro atoms. The molecule has 0 aliphatic rings. The van der Waals surface area contributed by atoms with Crippen molar-refractivity contribution < 1.29 is 4.39 Å². The average Bonchev–Trinajstić information content (AvgIpc) is 2.21. The van der Waals surface area contributed by atoms with Crippen LogP contribution in [0.5, 0.6) is 0 Å². The fraction of sp³-hybridized carbons (Fsp3) is 0. The highest BCUT2D eigenvalue weighted by Gasteiger charge is 2.16. The second-order valence-electron chi connectivity index (χ2n) is 3.34. The molecule has 88 valence electrons. The largest absolute Gasteiger partial charge is 0.206 e. The zero-order chi connectivity index (χ0) is 12.6. The quantitative estimate of drug-likeness (QED) is 0.476. The first-order valence-corrected chi connectivity index (χ1v) is 7.35. The van der Waals surface area contributed by atoms with Crippen molar-refractivity contribution in [1.82, 2.24) is 0 Å². The summed E-state index contributed by atoms with van der Waals surface area (Å²) in [6, 6.07) is 8.34. The topological polar surface area (TPSA) is 0 Å². The van der Waals surface area contributed by atoms with E-state index in [4.69, 9.17) is 11.6 Å². The third-order valence-electron chi connectivity index (χ3n) is 2.22. The minimum Gasteiger partial charge on any atom is -0.206 e. The highest BCUT2D eigenvalue weighted by atomic mass is 79.9. The van der Waals surface area contributed by atoms with Crippen LogP contribution in [0.25, 0.3) is 11.1 Å². The predicted molar refractivity (Wildman–Crippen MR) is 79.9 cm³/mol. The third kappa shape index (κ3) is 2.75. The van der Waals surface area contributed by atoms with Crippen LogP contribution in [0.4, 0.5) is 4.39 Å². The summed E-state index contributed by atoms with van der Waals surface area (Å²) < 4.78 is 16.3. The predicted octanol–water partition coefficient (Wildman–Crippen LogP) is 6.43. The van der Waals surface area contributed by atoms with Crippen LogP contribution in [-0.2, 0) is 0 Å². The van der Waals surface area contributed by atoms with Crippen LogP contribution in [0.15, 0.2) is 43.7 Å². The molecule has 17 heavy (non-hydrogen) atoms. The summed E-state index contributed by atoms with van der Waals surface area (Å²) in [4.78, 5) is 0. The molecule has 0 N–H and O–H groups in total. The summed E-state index contributed by atoms with van der Waals surface area (Å²) in [7, 11) is 0. The molecule has 2 rings (SSSR count). The highest BCUT2D eigenvalue weighted by Crippen LogP contribution is 2.41. The number of halogens is 5. The van der Waals surface area contributed by atoms with Crippen molar-refractivity contribution in [3.63, 3.8) is 0 Å². The van der Waals surface area contributed by atoms with Crippen LogP contribution in [0.1, 0.15) is 0 Å². The van der Waals surface area contributed by atoms with Gasteiger partial charge in [0.15, 0.2) is 0 Å². The van der Waals surface area contributed by atoms with E-state index in [0.717, 1.165) is 13.4 Å². The van der Waals surface area contributed by atoms with Crippen molar-refractivity contribution in [1.29, 1.82) is 0 Å². The van der Waals surface area contributed by atoms with Gasteiger partial charge in [-0.3, -0.25) is 0 Å². The Hall–Kier alpha value is 0.1000. The van der Waals surface area contributed by atoms with E-state index in [1.807, 2.05) is 12.1 Å². The van der Waals surface area contributed by atoms with E-state index in [2.05, 4.69) is 47.8 Å². The van der Waals surface area contributed by atoms with Gasteiger partial charge < -0.3 is 0 Å². The summed E-state index contributed by atoms with van der Waals surface area (Å²) in [6.45, 7) is 0. The molecule has 0 aliphatic heterocycles. The summed E-state index contributed by atoms with van der Waals surface area (Å²) in [5.41, 5.74) is 1.09. The Kier molecular flexibility index (Phi) is 4.29. The van der Waals surface area contributed by atoms with Gasteiger partial charge in [0.1, 0.15) is 5.82 Å². The smallest absolute Gasteiger partial charge is 0.132 e. The van der Waals surface area contributed by atoms with Gasteiger partial charge in [-0.15, -0.1) is 0 Å². The first-order valence-electron chi connectivity index (χ1n) is 4.59. The lowest BCUT2D eigenvalue weighted by Gasteiger charge is -2.11. The molecular formula is C12H5Br3ClF. The minimum absolute atomic E-state index is 0.346. The first-order chi connectivity index (χ1) is 8.00. The molecule has 0 radical (unpaired) electrons. The third-order valence-corrected chi connectivity index (χ3v) is 4.24. The van der Waals surface area contributed by atoms with Gasteiger partial charge in [0.2, 0.25) is 0 Å². The van der Waals surface area contributed by atoms with E-state index in [1.54, 1.807) is 12.1 Å². The van der Waals surface area contributed by atoms with Crippen molar-refractivity contribution in [2.45, 2.75) is 0 Å². The Morgan fingerprint density at radius 1 is 0.941 bits per heavy atom. The molecule has 5 heteroatoms. The maximum atomic E-state index is 13.9. The second kappa shape index (κ2) is 5.39. The molecule has 2 aromatic carbocycles. The van der Waals surface area contributed by atoms with Gasteiger partial charge >= 0.3 is 0 Å². The number of hydrogen-bond acceptors (Lipinski definition) is 0. The molecule has 0 aromatic heterocycles. The maximum Gasteiger partial charge on any atom is 0.132 e. The number of benzene rings is 2. The van der Waals surface area contributed by atoms with E-state index in [1.165, 1.54) is 6.07 Å². The van der Waals surface area contributed by atoms with Gasteiger partial charge in [-0.2, -0.15) is 0 Å². The Morgan fingerprint density at radius 3 is 2.06 bits per heavy atom. The molecule has 0 nitrogen and oxygen atoms in total. The van der Waals surface area contributed by atoms with Crippen LogP contribution < -0.4 is 0 Å². The van der Waals surface area contributed by atoms with Crippen molar-refractivity contribution in [2.24, 2.45) is 0 Å². The fourth-order valence-corrected chi connectivity index (χ4v) is 4.43. The second-order valence-corrected chi connectivity index (χ2v) is 6.37. The van der Waals surface area contributed by atoms with Gasteiger partial charge in [-0.05, 0) is 24.3 Å². The molecular weight excluding hydrogens is 438 g/mol. The molecule has 0 bridgehead atoms. The summed E-state index contributed by atoms with van der Waals surface area (Å²) in [5, 5.41) is 0.383. The Morgan fingerprint density at radius 2 is 1.53 bits per heavy atom. The molecule has 0 heterocycles. The Labute approximate surface area is 129 Å². The summed E-state index contributed by atoms with van der Waals surface area (Å²) >= 11 is 16.3. The average molecular weight is 443 g/mol. The molecule has 2 aromatic rings. The van der Waals surface area contributed by atoms with Crippen molar-refractivity contribution in [2.75, 3.05) is 0 Å². The lowest BCUT2D eigenvalue weighted by atomic mass is 10.1. The molecule has 0 atom stereocenters. The zero-order valence-electron chi connectivity index (χ0n) is 8.28. The Bertz CT molecular complexity index is 541. The number of rotatable bonds is 1. The van der Waals surface area contributed by atoms with Crippen LogP contribution in [0, 0.1) is 5.82 Å². The van der Waals surface area contributed by atoms with Crippen molar-refractivity contribution in [3.8, 4) is 11.1 Å². The molecule has 0 saturated heterocycles. The molecule has 0 saturated carbocycles. The lowest BCUT2D eigenvalue weighted by Crippen LogP contribution is -1.89. The first kappa shape index (κ1) is 13.5. The van der Waals surface area contributed by atoms with Crippen LogP contribution >= 0.6 is 59.4 Å². The van der Waals surface area contributed by atoms with E-state index in [-0.39, 0.29) is 5.82 Å². The SMILES string of the molecule is Fc1cccc(Cl)c1-c1c(Br)cc(Br)cc1Br. The van der Waals surface area contributed by atoms with Crippen molar-refractivity contribution >= 4 is 59.4 Å². The number of hydrogen-bond donors (Lipinski definition) is 0. The lowest BCUT2D eigenvalue weighted by molar-refractivity contribution is 0.631. The molecule has 0 fully saturated rings. The van der Waals surface area contributed by atoms with Gasteiger partial charge in [0, 0.05) is 24.5 Å². The monoisotopic (exact) mass is 440 g/mol. The fourth-order valence-electron chi connectivity index (χ4n) is 1.52. The Balaban J connectivity index is 2.77. The van der Waals surface area contributed by atoms with Gasteiger partial charge in [0.25, 0.3) is 0 Å². The van der Waals surface area contributed by atoms with Crippen LogP contribution in [0.2, 0.25) is 5.02 Å². The normalized spacial score (nSPS) is 10.6. The molecule has 0 unspecified atom stereocenters. The maximum absolute atomic E-state index is 13.9. The van der Waals surface area contributed by atoms with E-state index >= 15 is 0 Å². The van der Waals surface area contributed by atoms with E-state index < -0.39 is 0 Å². The van der Waals surface area contributed by atoms with E-state index in [9.17, 15) is 4.39 Å². The van der Waals surface area contributed by atoms with Gasteiger partial charge in [-0.1, -0.05) is 65.5 Å². The minimum atomic E-state index is -0.346. The van der Waals surface area contributed by atoms with Crippen LogP contribution in [0.3, 0.4) is 0 Å². The van der Waals surface area contributed by atoms with Gasteiger partial charge in [-0.25, -0.2) is 4.39 Å². The van der Waals surface area contributed by atoms with Crippen LogP contribution in [-0.4, -0.2) is 0 Å². The molecule has 0 aliphatic carbocycles. The van der Waals surface area contributed by atoms with E-state index in [0.29, 0.717) is 16.1 Å². The van der Waals surface area contributed by atoms with Gasteiger partial charge in [0.05, 0.1) is 5.02 Å². The molecule has 0 amide bonds. The zero-order valence-corrected chi connectivity index (χ0v) is 13.8. The van der Waals surface area contributed by atoms with Crippen molar-refractivity contribution in [3.05, 3.63) is 54.6 Å².